The summed E-state index contributed by atoms with van der Waals surface area (Å²) >= 11 is 0. The average molecular weight is 397 g/mol. The summed E-state index contributed by atoms with van der Waals surface area (Å²) in [7, 11) is 0. The normalized spacial score (nSPS) is 11.0. The lowest BCUT2D eigenvalue weighted by molar-refractivity contribution is -0.675. The number of carboxylic acid groups (broad SMARTS) is 2. The van der Waals surface area contributed by atoms with E-state index in [9.17, 15) is 9.59 Å². The summed E-state index contributed by atoms with van der Waals surface area (Å²) < 4.78 is 10.2. The van der Waals surface area contributed by atoms with Crippen LogP contribution in [0, 0.1) is 5.92 Å². The van der Waals surface area contributed by atoms with Crippen LogP contribution in [0.3, 0.4) is 0 Å². The van der Waals surface area contributed by atoms with E-state index >= 15 is 0 Å². The molecule has 0 aliphatic rings. The van der Waals surface area contributed by atoms with Crippen LogP contribution in [-0.2, 0) is 28.7 Å². The third-order valence-corrected chi connectivity index (χ3v) is 3.35. The molecule has 0 heterocycles. The minimum absolute atomic E-state index is 0.0900. The third-order valence-electron chi connectivity index (χ3n) is 3.35. The molecule has 0 fully saturated rings. The van der Waals surface area contributed by atoms with Gasteiger partial charge in [-0.05, 0) is 19.3 Å². The van der Waals surface area contributed by atoms with Gasteiger partial charge in [0.05, 0.1) is 13.2 Å². The number of benzene rings is 1. The van der Waals surface area contributed by atoms with Gasteiger partial charge < -0.3 is 29.8 Å². The first-order valence-electron chi connectivity index (χ1n) is 8.83. The van der Waals surface area contributed by atoms with Crippen molar-refractivity contribution in [3.8, 4) is 0 Å². The Balaban J connectivity index is 0.00000105. The van der Waals surface area contributed by atoms with E-state index in [-0.39, 0.29) is 18.5 Å². The molecule has 0 saturated heterocycles. The van der Waals surface area contributed by atoms with Crippen molar-refractivity contribution in [1.82, 2.24) is 0 Å². The Bertz CT molecular complexity index is 618. The van der Waals surface area contributed by atoms with Gasteiger partial charge in [0.25, 0.3) is 0 Å². The summed E-state index contributed by atoms with van der Waals surface area (Å²) in [4.78, 5) is 41.8. The number of esters is 2. The Morgan fingerprint density at radius 2 is 1.68 bits per heavy atom. The van der Waals surface area contributed by atoms with Crippen LogP contribution in [0.25, 0.3) is 0 Å². The van der Waals surface area contributed by atoms with Crippen molar-refractivity contribution in [1.29, 1.82) is 0 Å². The topological polar surface area (TPSA) is 147 Å². The molecule has 0 bridgehead atoms. The highest BCUT2D eigenvalue weighted by molar-refractivity contribution is 6.26. The van der Waals surface area contributed by atoms with E-state index in [0.29, 0.717) is 19.1 Å². The van der Waals surface area contributed by atoms with Crippen LogP contribution < -0.4 is 10.4 Å². The van der Waals surface area contributed by atoms with E-state index < -0.39 is 18.0 Å². The molecule has 1 aromatic carbocycles. The van der Waals surface area contributed by atoms with Gasteiger partial charge in [0.1, 0.15) is 0 Å². The number of quaternary nitrogens is 1. The first kappa shape index (κ1) is 25.1. The molecule has 3 N–H and O–H groups in total. The molecular weight excluding hydrogens is 370 g/mol. The van der Waals surface area contributed by atoms with Crippen LogP contribution in [-0.4, -0.2) is 48.7 Å². The molecule has 0 saturated carbocycles. The van der Waals surface area contributed by atoms with Gasteiger partial charge in [0.2, 0.25) is 6.04 Å². The predicted molar refractivity (Wildman–Crippen MR) is 95.7 cm³/mol. The summed E-state index contributed by atoms with van der Waals surface area (Å²) in [6.07, 6.45) is 0.825. The Kier molecular flexibility index (Phi) is 12.7. The molecule has 1 rings (SSSR count). The summed E-state index contributed by atoms with van der Waals surface area (Å²) in [6, 6.07) is 8.78. The van der Waals surface area contributed by atoms with Crippen molar-refractivity contribution >= 4 is 23.9 Å². The van der Waals surface area contributed by atoms with Gasteiger partial charge in [-0.25, -0.2) is 14.4 Å². The lowest BCUT2D eigenvalue weighted by atomic mass is 10.1. The Hall–Kier alpha value is -2.94. The SMILES string of the molecule is CCOC(=O)C[NH2+]C(C(=O)OCCC(C)C)c1ccccc1.O=C([O-])C(=O)O. The first-order chi connectivity index (χ1) is 13.2. The number of ether oxygens (including phenoxy) is 2. The maximum atomic E-state index is 12.3. The second-order valence-electron chi connectivity index (χ2n) is 6.08. The molecular formula is C19H27NO8. The quantitative estimate of drug-likeness (QED) is 0.409. The third kappa shape index (κ3) is 11.6. The monoisotopic (exact) mass is 397 g/mol. The van der Waals surface area contributed by atoms with Gasteiger partial charge in [-0.3, -0.25) is 0 Å². The minimum Gasteiger partial charge on any atom is -0.539 e. The van der Waals surface area contributed by atoms with Crippen molar-refractivity contribution in [2.45, 2.75) is 33.2 Å². The van der Waals surface area contributed by atoms with Crippen LogP contribution >= 0.6 is 0 Å². The molecule has 28 heavy (non-hydrogen) atoms. The maximum absolute atomic E-state index is 12.3. The minimum atomic E-state index is -2.07. The van der Waals surface area contributed by atoms with Gasteiger partial charge in [0.15, 0.2) is 12.5 Å². The number of carboxylic acids is 2. The Morgan fingerprint density at radius 1 is 1.11 bits per heavy atom. The molecule has 0 aliphatic carbocycles. The van der Waals surface area contributed by atoms with Crippen LogP contribution in [0.5, 0.6) is 0 Å². The molecule has 0 amide bonds. The number of hydrogen-bond acceptors (Lipinski definition) is 7. The summed E-state index contributed by atoms with van der Waals surface area (Å²) in [5.74, 6) is -4.19. The maximum Gasteiger partial charge on any atom is 0.369 e. The summed E-state index contributed by atoms with van der Waals surface area (Å²) in [5, 5.41) is 18.0. The fourth-order valence-corrected chi connectivity index (χ4v) is 1.95. The smallest absolute Gasteiger partial charge is 0.369 e. The van der Waals surface area contributed by atoms with Crippen molar-refractivity contribution < 1.29 is 44.2 Å². The second kappa shape index (κ2) is 14.2. The number of carbonyl (C=O) groups is 4. The molecule has 1 atom stereocenters. The van der Waals surface area contributed by atoms with Crippen molar-refractivity contribution in [2.24, 2.45) is 5.92 Å². The van der Waals surface area contributed by atoms with Gasteiger partial charge in [-0.2, -0.15) is 0 Å². The van der Waals surface area contributed by atoms with Gasteiger partial charge in [0, 0.05) is 5.56 Å². The standard InChI is InChI=1S/C17H25NO4.C2H2O4/c1-4-21-15(19)12-18-16(14-8-6-5-7-9-14)17(20)22-11-10-13(2)3;3-1(4)2(5)6/h5-9,13,16,18H,4,10-12H2,1-3H3;(H,3,4)(H,5,6). The van der Waals surface area contributed by atoms with Crippen LogP contribution in [0.1, 0.15) is 38.8 Å². The zero-order valence-electron chi connectivity index (χ0n) is 16.3. The highest BCUT2D eigenvalue weighted by atomic mass is 16.5. The highest BCUT2D eigenvalue weighted by Crippen LogP contribution is 2.11. The van der Waals surface area contributed by atoms with Crippen molar-refractivity contribution in [3.63, 3.8) is 0 Å². The number of hydrogen-bond donors (Lipinski definition) is 2. The summed E-state index contributed by atoms with van der Waals surface area (Å²) in [6.45, 7) is 6.73. The fraction of sp³-hybridized carbons (Fsp3) is 0.474. The molecule has 156 valence electrons. The largest absolute Gasteiger partial charge is 0.539 e. The number of carbonyl (C=O) groups excluding carboxylic acids is 3. The van der Waals surface area contributed by atoms with E-state index in [4.69, 9.17) is 29.3 Å². The molecule has 0 spiro atoms. The molecule has 1 unspecified atom stereocenters. The molecule has 9 heteroatoms. The number of aliphatic carboxylic acids is 2. The highest BCUT2D eigenvalue weighted by Gasteiger charge is 2.26. The van der Waals surface area contributed by atoms with Gasteiger partial charge in [-0.15, -0.1) is 0 Å². The Morgan fingerprint density at radius 3 is 2.14 bits per heavy atom. The van der Waals surface area contributed by atoms with Crippen molar-refractivity contribution in [3.05, 3.63) is 35.9 Å². The molecule has 9 nitrogen and oxygen atoms in total. The van der Waals surface area contributed by atoms with E-state index in [0.717, 1.165) is 12.0 Å². The average Bonchev–Trinajstić information content (AvgIpc) is 2.63. The molecule has 1 aromatic rings. The summed E-state index contributed by atoms with van der Waals surface area (Å²) in [5.41, 5.74) is 0.821. The molecule has 0 aliphatic heterocycles. The van der Waals surface area contributed by atoms with E-state index in [1.807, 2.05) is 30.3 Å². The van der Waals surface area contributed by atoms with Crippen LogP contribution in [0.4, 0.5) is 0 Å². The second-order valence-corrected chi connectivity index (χ2v) is 6.08. The molecule has 0 aromatic heterocycles. The van der Waals surface area contributed by atoms with Crippen LogP contribution in [0.2, 0.25) is 0 Å². The van der Waals surface area contributed by atoms with E-state index in [1.54, 1.807) is 12.2 Å². The van der Waals surface area contributed by atoms with Gasteiger partial charge in [-0.1, -0.05) is 44.2 Å². The lowest BCUT2D eigenvalue weighted by Gasteiger charge is -2.15. The Labute approximate surface area is 163 Å². The van der Waals surface area contributed by atoms with E-state index in [2.05, 4.69) is 13.8 Å². The lowest BCUT2D eigenvalue weighted by Crippen LogP contribution is -2.88. The number of rotatable bonds is 9. The zero-order valence-corrected chi connectivity index (χ0v) is 16.3. The predicted octanol–water partition coefficient (Wildman–Crippen LogP) is -0.736. The van der Waals surface area contributed by atoms with Crippen LogP contribution in [0.15, 0.2) is 30.3 Å². The zero-order chi connectivity index (χ0) is 21.5. The molecule has 0 radical (unpaired) electrons. The van der Waals surface area contributed by atoms with Crippen molar-refractivity contribution in [2.75, 3.05) is 19.8 Å². The van der Waals surface area contributed by atoms with Gasteiger partial charge >= 0.3 is 17.9 Å². The first-order valence-corrected chi connectivity index (χ1v) is 8.83. The van der Waals surface area contributed by atoms with E-state index in [1.165, 1.54) is 0 Å². The fourth-order valence-electron chi connectivity index (χ4n) is 1.95. The number of nitrogens with two attached hydrogens (primary N) is 1.